The summed E-state index contributed by atoms with van der Waals surface area (Å²) in [6.45, 7) is 6.36. The largest absolute Gasteiger partial charge is 0.457 e. The first-order valence-corrected chi connectivity index (χ1v) is 17.3. The van der Waals surface area contributed by atoms with Crippen LogP contribution in [-0.4, -0.2) is 29.4 Å². The van der Waals surface area contributed by atoms with Crippen LogP contribution in [0.2, 0.25) is 0 Å². The van der Waals surface area contributed by atoms with E-state index in [1.807, 2.05) is 67.6 Å². The molecule has 2 aliphatic heterocycles. The third-order valence-corrected chi connectivity index (χ3v) is 9.89. The van der Waals surface area contributed by atoms with E-state index in [0.717, 1.165) is 27.5 Å². The third-order valence-electron chi connectivity index (χ3n) is 9.89. The molecule has 0 aliphatic carbocycles. The highest BCUT2D eigenvalue weighted by Crippen LogP contribution is 2.36. The number of ketones is 1. The molecule has 0 bridgehead atoms. The highest BCUT2D eigenvalue weighted by molar-refractivity contribution is 6.35. The zero-order valence-corrected chi connectivity index (χ0v) is 29.5. The molecule has 0 aromatic heterocycles. The standard InChI is InChI=1S/C45H32N2O7/c1-26-4-14-32(15-5-26)53-33-16-8-29(9-17-33)45(2,3)30-10-18-34(19-11-30)54-35-20-12-31(13-21-35)47-43(51)37-23-7-28(25-39(37)44(47)52)40(48)27-6-22-36-38(24-27)42(50)46-41(36)49/h4-25H,1-3H3,(H,46,49,50). The summed E-state index contributed by atoms with van der Waals surface area (Å²) in [5, 5.41) is 2.20. The van der Waals surface area contributed by atoms with Crippen molar-refractivity contribution in [3.05, 3.63) is 184 Å². The second-order valence-electron chi connectivity index (χ2n) is 13.8. The van der Waals surface area contributed by atoms with Crippen molar-refractivity contribution < 1.29 is 33.4 Å². The molecule has 0 saturated carbocycles. The SMILES string of the molecule is Cc1ccc(Oc2ccc(C(C)(C)c3ccc(Oc4ccc(N5C(=O)c6ccc(C(=O)c7ccc8c(c7)C(=O)NC8=O)cc6C5=O)cc4)cc3)cc2)cc1. The Hall–Kier alpha value is -7.13. The van der Waals surface area contributed by atoms with E-state index in [4.69, 9.17) is 9.47 Å². The van der Waals surface area contributed by atoms with Crippen LogP contribution in [0.3, 0.4) is 0 Å². The normalized spacial score (nSPS) is 13.4. The number of benzene rings is 6. The molecule has 1 N–H and O–H groups in total. The topological polar surface area (TPSA) is 119 Å². The van der Waals surface area contributed by atoms with E-state index in [-0.39, 0.29) is 38.8 Å². The number of aryl methyl sites for hydroxylation is 1. The molecular formula is C45H32N2O7. The van der Waals surface area contributed by atoms with E-state index >= 15 is 0 Å². The molecule has 6 aromatic rings. The molecule has 54 heavy (non-hydrogen) atoms. The van der Waals surface area contributed by atoms with Gasteiger partial charge < -0.3 is 9.47 Å². The number of carbonyl (C=O) groups is 5. The lowest BCUT2D eigenvalue weighted by Crippen LogP contribution is -2.29. The Morgan fingerprint density at radius 1 is 0.519 bits per heavy atom. The number of hydrogen-bond acceptors (Lipinski definition) is 7. The van der Waals surface area contributed by atoms with Gasteiger partial charge in [0.15, 0.2) is 5.78 Å². The van der Waals surface area contributed by atoms with Crippen molar-refractivity contribution in [3.63, 3.8) is 0 Å². The van der Waals surface area contributed by atoms with Crippen molar-refractivity contribution in [2.24, 2.45) is 0 Å². The zero-order chi connectivity index (χ0) is 37.7. The Kier molecular flexibility index (Phi) is 8.26. The van der Waals surface area contributed by atoms with Gasteiger partial charge in [0.2, 0.25) is 0 Å². The van der Waals surface area contributed by atoms with E-state index in [9.17, 15) is 24.0 Å². The maximum atomic E-state index is 13.5. The fourth-order valence-corrected chi connectivity index (χ4v) is 6.68. The van der Waals surface area contributed by atoms with Crippen LogP contribution in [0.1, 0.15) is 87.9 Å². The summed E-state index contributed by atoms with van der Waals surface area (Å²) in [4.78, 5) is 65.2. The fraction of sp³-hybridized carbons (Fsp3) is 0.0889. The fourth-order valence-electron chi connectivity index (χ4n) is 6.68. The van der Waals surface area contributed by atoms with E-state index in [2.05, 4.69) is 31.3 Å². The summed E-state index contributed by atoms with van der Waals surface area (Å²) in [6, 6.07) is 39.1. The summed E-state index contributed by atoms with van der Waals surface area (Å²) >= 11 is 0. The van der Waals surface area contributed by atoms with E-state index in [1.165, 1.54) is 42.0 Å². The molecule has 0 saturated heterocycles. The molecule has 0 spiro atoms. The monoisotopic (exact) mass is 712 g/mol. The number of nitrogens with zero attached hydrogens (tertiary/aromatic N) is 1. The van der Waals surface area contributed by atoms with Gasteiger partial charge in [-0.15, -0.1) is 0 Å². The Labute approximate surface area is 310 Å². The molecule has 9 heteroatoms. The van der Waals surface area contributed by atoms with Crippen molar-refractivity contribution in [2.75, 3.05) is 4.90 Å². The minimum absolute atomic E-state index is 0.0924. The first kappa shape index (κ1) is 34.0. The molecule has 0 unspecified atom stereocenters. The summed E-state index contributed by atoms with van der Waals surface area (Å²) in [7, 11) is 0. The van der Waals surface area contributed by atoms with Crippen LogP contribution in [0.5, 0.6) is 23.0 Å². The Morgan fingerprint density at radius 3 is 1.48 bits per heavy atom. The molecule has 0 fully saturated rings. The highest BCUT2D eigenvalue weighted by Gasteiger charge is 2.37. The lowest BCUT2D eigenvalue weighted by atomic mass is 9.78. The molecule has 4 amide bonds. The smallest absolute Gasteiger partial charge is 0.266 e. The average molecular weight is 713 g/mol. The van der Waals surface area contributed by atoms with E-state index in [1.54, 1.807) is 24.3 Å². The second kappa shape index (κ2) is 13.1. The predicted octanol–water partition coefficient (Wildman–Crippen LogP) is 8.82. The Bertz CT molecular complexity index is 2520. The van der Waals surface area contributed by atoms with Gasteiger partial charge in [-0.1, -0.05) is 67.9 Å². The van der Waals surface area contributed by atoms with Gasteiger partial charge in [-0.05, 0) is 103 Å². The molecule has 6 aromatic carbocycles. The van der Waals surface area contributed by atoms with Gasteiger partial charge in [0.1, 0.15) is 23.0 Å². The van der Waals surface area contributed by atoms with Crippen molar-refractivity contribution in [3.8, 4) is 23.0 Å². The maximum absolute atomic E-state index is 13.5. The highest BCUT2D eigenvalue weighted by atomic mass is 16.5. The van der Waals surface area contributed by atoms with Crippen LogP contribution in [0, 0.1) is 6.92 Å². The van der Waals surface area contributed by atoms with Crippen molar-refractivity contribution >= 4 is 35.1 Å². The molecule has 2 heterocycles. The van der Waals surface area contributed by atoms with Crippen molar-refractivity contribution in [1.82, 2.24) is 5.32 Å². The molecule has 9 nitrogen and oxygen atoms in total. The number of nitrogens with one attached hydrogen (secondary N) is 1. The predicted molar refractivity (Wildman–Crippen MR) is 202 cm³/mol. The molecular weight excluding hydrogens is 681 g/mol. The first-order chi connectivity index (χ1) is 26.0. The summed E-state index contributed by atoms with van der Waals surface area (Å²) < 4.78 is 12.1. The summed E-state index contributed by atoms with van der Waals surface area (Å²) in [6.07, 6.45) is 0. The van der Waals surface area contributed by atoms with Gasteiger partial charge in [-0.25, -0.2) is 4.90 Å². The second-order valence-corrected chi connectivity index (χ2v) is 13.8. The van der Waals surface area contributed by atoms with E-state index < -0.39 is 29.4 Å². The number of amides is 4. The first-order valence-electron chi connectivity index (χ1n) is 17.3. The van der Waals surface area contributed by atoms with Crippen LogP contribution >= 0.6 is 0 Å². The number of anilines is 1. The van der Waals surface area contributed by atoms with Gasteiger partial charge in [0, 0.05) is 16.5 Å². The Balaban J connectivity index is 0.927. The minimum atomic E-state index is -0.577. The Morgan fingerprint density at radius 2 is 0.944 bits per heavy atom. The molecule has 264 valence electrons. The van der Waals surface area contributed by atoms with E-state index in [0.29, 0.717) is 17.2 Å². The number of fused-ring (bicyclic) bond motifs is 2. The van der Waals surface area contributed by atoms with Crippen LogP contribution in [0.4, 0.5) is 5.69 Å². The van der Waals surface area contributed by atoms with Crippen LogP contribution in [-0.2, 0) is 5.41 Å². The van der Waals surface area contributed by atoms with Gasteiger partial charge in [-0.3, -0.25) is 29.3 Å². The van der Waals surface area contributed by atoms with Gasteiger partial charge in [0.25, 0.3) is 23.6 Å². The van der Waals surface area contributed by atoms with Crippen LogP contribution < -0.4 is 19.7 Å². The summed E-state index contributed by atoms with van der Waals surface area (Å²) in [5.41, 5.74) is 4.39. The van der Waals surface area contributed by atoms with Crippen molar-refractivity contribution in [2.45, 2.75) is 26.2 Å². The average Bonchev–Trinajstić information content (AvgIpc) is 3.61. The van der Waals surface area contributed by atoms with Gasteiger partial charge in [-0.2, -0.15) is 0 Å². The number of rotatable bonds is 9. The maximum Gasteiger partial charge on any atom is 0.266 e. The minimum Gasteiger partial charge on any atom is -0.457 e. The van der Waals surface area contributed by atoms with Gasteiger partial charge >= 0.3 is 0 Å². The third kappa shape index (κ3) is 6.11. The van der Waals surface area contributed by atoms with Gasteiger partial charge in [0.05, 0.1) is 27.9 Å². The number of carbonyl (C=O) groups excluding carboxylic acids is 5. The summed E-state index contributed by atoms with van der Waals surface area (Å²) in [5.74, 6) is 0.0666. The molecule has 8 rings (SSSR count). The lowest BCUT2D eigenvalue weighted by molar-refractivity contribution is 0.0874. The van der Waals surface area contributed by atoms with Crippen LogP contribution in [0.15, 0.2) is 133 Å². The lowest BCUT2D eigenvalue weighted by Gasteiger charge is -2.26. The molecule has 0 atom stereocenters. The van der Waals surface area contributed by atoms with Crippen LogP contribution in [0.25, 0.3) is 0 Å². The molecule has 2 aliphatic rings. The number of hydrogen-bond donors (Lipinski definition) is 1. The van der Waals surface area contributed by atoms with Crippen molar-refractivity contribution in [1.29, 1.82) is 0 Å². The quantitative estimate of drug-likeness (QED) is 0.118. The number of ether oxygens (including phenoxy) is 2. The number of imide groups is 2. The molecule has 0 radical (unpaired) electrons. The zero-order valence-electron chi connectivity index (χ0n) is 29.5.